The first-order valence-electron chi connectivity index (χ1n) is 12.7. The topological polar surface area (TPSA) is 86.8 Å². The highest BCUT2D eigenvalue weighted by molar-refractivity contribution is 7.98. The van der Waals surface area contributed by atoms with Crippen molar-refractivity contribution >= 4 is 28.4 Å². The van der Waals surface area contributed by atoms with Crippen molar-refractivity contribution in [1.82, 2.24) is 14.5 Å². The molecular weight excluding hydrogens is 502 g/mol. The average molecular weight is 536 g/mol. The van der Waals surface area contributed by atoms with Crippen LogP contribution in [0.1, 0.15) is 42.5 Å². The molecule has 0 saturated carbocycles. The van der Waals surface area contributed by atoms with Crippen LogP contribution in [-0.2, 0) is 12.3 Å². The van der Waals surface area contributed by atoms with Gasteiger partial charge in [0.2, 0.25) is 0 Å². The maximum absolute atomic E-state index is 13.7. The lowest BCUT2D eigenvalue weighted by atomic mass is 10.1. The summed E-state index contributed by atoms with van der Waals surface area (Å²) in [6.07, 6.45) is 1.58. The van der Waals surface area contributed by atoms with Crippen molar-refractivity contribution in [3.63, 3.8) is 0 Å². The summed E-state index contributed by atoms with van der Waals surface area (Å²) in [7, 11) is 1.60. The van der Waals surface area contributed by atoms with Crippen molar-refractivity contribution in [2.75, 3.05) is 33.4 Å². The Morgan fingerprint density at radius 2 is 1.95 bits per heavy atom. The molecule has 0 bridgehead atoms. The number of carbonyl (C=O) groups excluding carboxylic acids is 1. The van der Waals surface area contributed by atoms with E-state index in [1.165, 1.54) is 18.7 Å². The van der Waals surface area contributed by atoms with Gasteiger partial charge in [0.25, 0.3) is 5.56 Å². The Labute approximate surface area is 226 Å². The summed E-state index contributed by atoms with van der Waals surface area (Å²) in [6, 6.07) is 14.4. The van der Waals surface area contributed by atoms with Gasteiger partial charge in [-0.05, 0) is 68.5 Å². The van der Waals surface area contributed by atoms with Crippen LogP contribution < -0.4 is 15.0 Å². The van der Waals surface area contributed by atoms with E-state index in [1.54, 1.807) is 42.2 Å². The van der Waals surface area contributed by atoms with Crippen LogP contribution in [0.2, 0.25) is 0 Å². The second-order valence-electron chi connectivity index (χ2n) is 8.79. The normalized spacial score (nSPS) is 11.3. The minimum atomic E-state index is -0.174. The first kappa shape index (κ1) is 27.5. The third-order valence-electron chi connectivity index (χ3n) is 6.40. The maximum Gasteiger partial charge on any atom is 0.262 e. The number of hydrogen-bond donors (Lipinski definition) is 0. The number of thioether (sulfide) groups is 1. The van der Waals surface area contributed by atoms with Gasteiger partial charge in [-0.15, -0.1) is 0 Å². The fourth-order valence-corrected chi connectivity index (χ4v) is 5.14. The van der Waals surface area contributed by atoms with Crippen molar-refractivity contribution in [3.05, 3.63) is 82.0 Å². The van der Waals surface area contributed by atoms with E-state index in [1.807, 2.05) is 24.3 Å². The van der Waals surface area contributed by atoms with Gasteiger partial charge in [0.1, 0.15) is 23.9 Å². The second-order valence-corrected chi connectivity index (χ2v) is 9.73. The van der Waals surface area contributed by atoms with Crippen LogP contribution in [-0.4, -0.2) is 53.6 Å². The molecule has 0 aliphatic rings. The van der Waals surface area contributed by atoms with E-state index in [-0.39, 0.29) is 17.9 Å². The molecule has 0 saturated heterocycles. The van der Waals surface area contributed by atoms with Crippen LogP contribution in [0.5, 0.6) is 11.5 Å². The van der Waals surface area contributed by atoms with Crippen molar-refractivity contribution in [2.24, 2.45) is 0 Å². The van der Waals surface area contributed by atoms with Crippen molar-refractivity contribution in [2.45, 2.75) is 38.2 Å². The summed E-state index contributed by atoms with van der Waals surface area (Å²) < 4.78 is 18.6. The van der Waals surface area contributed by atoms with E-state index in [2.05, 4.69) is 18.7 Å². The van der Waals surface area contributed by atoms with E-state index in [0.717, 1.165) is 25.2 Å². The molecule has 0 N–H and O–H groups in total. The summed E-state index contributed by atoms with van der Waals surface area (Å²) in [6.45, 7) is 9.30. The number of ether oxygens (including phenoxy) is 2. The number of benzene rings is 2. The average Bonchev–Trinajstić information content (AvgIpc) is 3.45. The van der Waals surface area contributed by atoms with Crippen molar-refractivity contribution in [1.29, 1.82) is 0 Å². The molecule has 0 aliphatic heterocycles. The zero-order chi connectivity index (χ0) is 27.1. The number of aromatic nitrogens is 2. The van der Waals surface area contributed by atoms with Crippen molar-refractivity contribution in [3.8, 4) is 11.5 Å². The highest BCUT2D eigenvalue weighted by Crippen LogP contribution is 2.29. The Bertz CT molecular complexity index is 1440. The molecule has 0 spiro atoms. The van der Waals surface area contributed by atoms with E-state index in [9.17, 15) is 9.59 Å². The highest BCUT2D eigenvalue weighted by atomic mass is 32.2. The Balaban J connectivity index is 1.66. The minimum absolute atomic E-state index is 0.0208. The first-order chi connectivity index (χ1) is 18.4. The van der Waals surface area contributed by atoms with Gasteiger partial charge >= 0.3 is 0 Å². The Kier molecular flexibility index (Phi) is 9.25. The number of furan rings is 1. The zero-order valence-electron chi connectivity index (χ0n) is 22.2. The lowest BCUT2D eigenvalue weighted by Gasteiger charge is -2.18. The van der Waals surface area contributed by atoms with Crippen LogP contribution in [0.4, 0.5) is 0 Å². The van der Waals surface area contributed by atoms with Gasteiger partial charge in [0, 0.05) is 23.4 Å². The number of hydrogen-bond acceptors (Lipinski definition) is 8. The number of Topliss-reactive ketones (excluding diaryl/α,β-unsaturated/α-hetero) is 1. The first-order valence-corrected chi connectivity index (χ1v) is 13.6. The smallest absolute Gasteiger partial charge is 0.262 e. The lowest BCUT2D eigenvalue weighted by Crippen LogP contribution is -2.28. The van der Waals surface area contributed by atoms with Gasteiger partial charge in [0.15, 0.2) is 10.9 Å². The molecule has 200 valence electrons. The fourth-order valence-electron chi connectivity index (χ4n) is 4.16. The summed E-state index contributed by atoms with van der Waals surface area (Å²) >= 11 is 1.41. The predicted octanol–water partition coefficient (Wildman–Crippen LogP) is 5.26. The van der Waals surface area contributed by atoms with E-state index in [4.69, 9.17) is 18.9 Å². The van der Waals surface area contributed by atoms with Gasteiger partial charge in [-0.3, -0.25) is 14.2 Å². The molecule has 4 rings (SSSR count). The number of likely N-dealkylation sites (N-methyl/N-ethyl adjacent to an activating group) is 1. The Morgan fingerprint density at radius 3 is 2.63 bits per heavy atom. The number of fused-ring (bicyclic) bond motifs is 1. The van der Waals surface area contributed by atoms with Gasteiger partial charge in [-0.25, -0.2) is 4.98 Å². The molecule has 0 amide bonds. The molecule has 0 radical (unpaired) electrons. The molecule has 2 aromatic heterocycles. The molecule has 4 aromatic rings. The number of carbonyl (C=O) groups is 1. The fraction of sp³-hybridized carbons (Fsp3) is 0.345. The van der Waals surface area contributed by atoms with Gasteiger partial charge in [0.05, 0.1) is 30.8 Å². The molecule has 9 heteroatoms. The Hall–Kier alpha value is -3.56. The number of rotatable bonds is 13. The molecule has 8 nitrogen and oxygen atoms in total. The van der Waals surface area contributed by atoms with Crippen molar-refractivity contribution < 1.29 is 18.7 Å². The quantitative estimate of drug-likeness (QED) is 0.130. The number of methoxy groups -OCH3 is 1. The summed E-state index contributed by atoms with van der Waals surface area (Å²) in [4.78, 5) is 32.8. The molecule has 2 aromatic carbocycles. The molecule has 2 heterocycles. The molecular formula is C29H33N3O5S. The van der Waals surface area contributed by atoms with Gasteiger partial charge in [-0.2, -0.15) is 0 Å². The van der Waals surface area contributed by atoms with Crippen LogP contribution in [0, 0.1) is 0 Å². The maximum atomic E-state index is 13.7. The van der Waals surface area contributed by atoms with Gasteiger partial charge < -0.3 is 18.8 Å². The molecule has 0 unspecified atom stereocenters. The van der Waals surface area contributed by atoms with Crippen LogP contribution >= 0.6 is 11.8 Å². The van der Waals surface area contributed by atoms with E-state index >= 15 is 0 Å². The standard InChI is InChI=1S/C29H33N3O5S/c1-5-31(6-2)13-15-37-23-10-11-26-25(17-23)28(34)32(18-24-8-7-14-36-24)29(30-26)38-19-22-16-21(20(3)33)9-12-27(22)35-4/h7-12,14,16-17H,5-6,13,15,18-19H2,1-4H3. The second kappa shape index (κ2) is 12.8. The minimum Gasteiger partial charge on any atom is -0.496 e. The molecule has 38 heavy (non-hydrogen) atoms. The summed E-state index contributed by atoms with van der Waals surface area (Å²) in [5, 5.41) is 1.03. The predicted molar refractivity (Wildman–Crippen MR) is 150 cm³/mol. The molecule has 0 aliphatic carbocycles. The third-order valence-corrected chi connectivity index (χ3v) is 7.42. The highest BCUT2D eigenvalue weighted by Gasteiger charge is 2.16. The molecule has 0 fully saturated rings. The van der Waals surface area contributed by atoms with Crippen LogP contribution in [0.15, 0.2) is 69.2 Å². The van der Waals surface area contributed by atoms with Crippen LogP contribution in [0.3, 0.4) is 0 Å². The Morgan fingerprint density at radius 1 is 1.13 bits per heavy atom. The number of nitrogens with zero attached hydrogens (tertiary/aromatic N) is 3. The largest absolute Gasteiger partial charge is 0.496 e. The summed E-state index contributed by atoms with van der Waals surface area (Å²) in [5.74, 6) is 2.41. The van der Waals surface area contributed by atoms with Gasteiger partial charge in [-0.1, -0.05) is 25.6 Å². The lowest BCUT2D eigenvalue weighted by molar-refractivity contribution is 0.101. The third kappa shape index (κ3) is 6.46. The summed E-state index contributed by atoms with van der Waals surface area (Å²) in [5.41, 5.74) is 1.87. The zero-order valence-corrected chi connectivity index (χ0v) is 23.0. The monoisotopic (exact) mass is 535 g/mol. The SMILES string of the molecule is CCN(CC)CCOc1ccc2nc(SCc3cc(C(C)=O)ccc3OC)n(Cc3ccco3)c(=O)c2c1. The van der Waals surface area contributed by atoms with E-state index < -0.39 is 0 Å². The number of ketones is 1. The van der Waals surface area contributed by atoms with Crippen LogP contribution in [0.25, 0.3) is 10.9 Å². The van der Waals surface area contributed by atoms with E-state index in [0.29, 0.717) is 51.2 Å². The molecule has 0 atom stereocenters.